The van der Waals surface area contributed by atoms with Crippen LogP contribution in [0.25, 0.3) is 0 Å². The first-order valence-corrected chi connectivity index (χ1v) is 5.79. The van der Waals surface area contributed by atoms with Crippen molar-refractivity contribution in [2.45, 2.75) is 51.0 Å². The van der Waals surface area contributed by atoms with Crippen LogP contribution in [-0.4, -0.2) is 16.5 Å². The Balaban J connectivity index is 2.03. The molecular formula is C12H18O2. The Hall–Kier alpha value is -0.370. The molecule has 4 aliphatic rings. The molecule has 0 saturated heterocycles. The van der Waals surface area contributed by atoms with Crippen molar-refractivity contribution >= 4 is 5.78 Å². The van der Waals surface area contributed by atoms with Crippen molar-refractivity contribution < 1.29 is 9.90 Å². The van der Waals surface area contributed by atoms with Gasteiger partial charge in [0, 0.05) is 12.3 Å². The van der Waals surface area contributed by atoms with Gasteiger partial charge in [0.05, 0.1) is 5.60 Å². The highest BCUT2D eigenvalue weighted by Gasteiger charge is 2.61. The maximum atomic E-state index is 11.8. The van der Waals surface area contributed by atoms with Crippen LogP contribution in [0.2, 0.25) is 0 Å². The van der Waals surface area contributed by atoms with Crippen LogP contribution in [0.1, 0.15) is 45.4 Å². The van der Waals surface area contributed by atoms with E-state index in [1.165, 1.54) is 19.3 Å². The standard InChI is InChI=1S/C12H18O2/c1-11(14)7-12-4-2-3-8(12)5-9(11)10(13)6-12/h8-9,14H,2-7H2,1H3/t8-,9-,11+,12+/m0/s1. The molecule has 0 amide bonds. The second-order valence-corrected chi connectivity index (χ2v) is 5.92. The summed E-state index contributed by atoms with van der Waals surface area (Å²) in [5.41, 5.74) is -0.495. The van der Waals surface area contributed by atoms with Gasteiger partial charge in [-0.05, 0) is 43.9 Å². The fourth-order valence-electron chi connectivity index (χ4n) is 4.43. The van der Waals surface area contributed by atoms with Crippen LogP contribution in [0.5, 0.6) is 0 Å². The molecule has 0 aromatic heterocycles. The third-order valence-corrected chi connectivity index (χ3v) is 4.99. The summed E-state index contributed by atoms with van der Waals surface area (Å²) in [4.78, 5) is 11.8. The van der Waals surface area contributed by atoms with Gasteiger partial charge in [0.1, 0.15) is 5.78 Å². The molecule has 2 nitrogen and oxygen atoms in total. The molecule has 4 aliphatic carbocycles. The largest absolute Gasteiger partial charge is 0.389 e. The third kappa shape index (κ3) is 0.928. The zero-order chi connectivity index (χ0) is 9.97. The molecule has 4 rings (SSSR count). The lowest BCUT2D eigenvalue weighted by atomic mass is 9.51. The van der Waals surface area contributed by atoms with E-state index < -0.39 is 5.60 Å². The predicted octanol–water partition coefficient (Wildman–Crippen LogP) is 1.91. The molecule has 0 radical (unpaired) electrons. The van der Waals surface area contributed by atoms with Crippen LogP contribution in [0, 0.1) is 17.3 Å². The number of ketones is 1. The number of carbonyl (C=O) groups is 1. The lowest BCUT2D eigenvalue weighted by Crippen LogP contribution is -2.57. The Labute approximate surface area is 84.7 Å². The topological polar surface area (TPSA) is 37.3 Å². The van der Waals surface area contributed by atoms with Crippen LogP contribution < -0.4 is 0 Å². The van der Waals surface area contributed by atoms with Crippen molar-refractivity contribution in [3.05, 3.63) is 0 Å². The fourth-order valence-corrected chi connectivity index (χ4v) is 4.43. The molecule has 4 fully saturated rings. The van der Waals surface area contributed by atoms with Gasteiger partial charge in [0.15, 0.2) is 0 Å². The van der Waals surface area contributed by atoms with Gasteiger partial charge >= 0.3 is 0 Å². The summed E-state index contributed by atoms with van der Waals surface area (Å²) >= 11 is 0. The Kier molecular flexibility index (Phi) is 1.53. The minimum Gasteiger partial charge on any atom is -0.389 e. The molecule has 0 aromatic carbocycles. The van der Waals surface area contributed by atoms with Crippen molar-refractivity contribution in [1.82, 2.24) is 0 Å². The molecule has 4 atom stereocenters. The normalized spacial score (nSPS) is 56.3. The highest BCUT2D eigenvalue weighted by molar-refractivity contribution is 5.85. The monoisotopic (exact) mass is 194 g/mol. The summed E-state index contributed by atoms with van der Waals surface area (Å²) in [6.45, 7) is 1.87. The van der Waals surface area contributed by atoms with Gasteiger partial charge in [-0.1, -0.05) is 6.42 Å². The number of carbonyl (C=O) groups excluding carboxylic acids is 1. The Morgan fingerprint density at radius 1 is 1.50 bits per heavy atom. The number of hydrogen-bond acceptors (Lipinski definition) is 2. The average molecular weight is 194 g/mol. The van der Waals surface area contributed by atoms with Crippen LogP contribution >= 0.6 is 0 Å². The molecule has 0 aromatic rings. The first-order chi connectivity index (χ1) is 6.54. The average Bonchev–Trinajstić information content (AvgIpc) is 2.42. The molecule has 14 heavy (non-hydrogen) atoms. The molecule has 4 saturated carbocycles. The van der Waals surface area contributed by atoms with Crippen molar-refractivity contribution in [3.63, 3.8) is 0 Å². The van der Waals surface area contributed by atoms with Crippen LogP contribution in [0.15, 0.2) is 0 Å². The second-order valence-electron chi connectivity index (χ2n) is 5.92. The van der Waals surface area contributed by atoms with E-state index in [1.54, 1.807) is 0 Å². The highest BCUT2D eigenvalue weighted by Crippen LogP contribution is 2.62. The van der Waals surface area contributed by atoms with Gasteiger partial charge in [-0.25, -0.2) is 0 Å². The Bertz CT molecular complexity index is 295. The zero-order valence-electron chi connectivity index (χ0n) is 8.75. The summed E-state index contributed by atoms with van der Waals surface area (Å²) in [6, 6.07) is 0. The SMILES string of the molecule is C[C@@]1(O)C[C@]23CCC[C@H]2C[C@H]1C(=O)C3. The number of rotatable bonds is 0. The third-order valence-electron chi connectivity index (χ3n) is 4.99. The van der Waals surface area contributed by atoms with E-state index in [9.17, 15) is 9.90 Å². The van der Waals surface area contributed by atoms with E-state index in [4.69, 9.17) is 0 Å². The van der Waals surface area contributed by atoms with E-state index in [0.29, 0.717) is 5.78 Å². The lowest BCUT2D eigenvalue weighted by molar-refractivity contribution is -0.167. The molecule has 0 unspecified atom stereocenters. The maximum Gasteiger partial charge on any atom is 0.139 e. The van der Waals surface area contributed by atoms with Crippen LogP contribution in [0.4, 0.5) is 0 Å². The lowest BCUT2D eigenvalue weighted by Gasteiger charge is -2.55. The predicted molar refractivity (Wildman–Crippen MR) is 52.7 cm³/mol. The van der Waals surface area contributed by atoms with E-state index >= 15 is 0 Å². The van der Waals surface area contributed by atoms with Crippen LogP contribution in [0.3, 0.4) is 0 Å². The van der Waals surface area contributed by atoms with Gasteiger partial charge in [-0.3, -0.25) is 4.79 Å². The summed E-state index contributed by atoms with van der Waals surface area (Å²) in [6.07, 6.45) is 6.33. The van der Waals surface area contributed by atoms with E-state index in [1.807, 2.05) is 6.92 Å². The van der Waals surface area contributed by atoms with Gasteiger partial charge in [-0.15, -0.1) is 0 Å². The van der Waals surface area contributed by atoms with Crippen molar-refractivity contribution in [2.24, 2.45) is 17.3 Å². The maximum absolute atomic E-state index is 11.8. The first kappa shape index (κ1) is 8.90. The smallest absolute Gasteiger partial charge is 0.139 e. The van der Waals surface area contributed by atoms with Gasteiger partial charge in [0.2, 0.25) is 0 Å². The highest BCUT2D eigenvalue weighted by atomic mass is 16.3. The first-order valence-electron chi connectivity index (χ1n) is 5.79. The van der Waals surface area contributed by atoms with E-state index in [0.717, 1.165) is 25.2 Å². The molecule has 78 valence electrons. The zero-order valence-corrected chi connectivity index (χ0v) is 8.75. The number of hydrogen-bond donors (Lipinski definition) is 1. The van der Waals surface area contributed by atoms with E-state index in [-0.39, 0.29) is 11.3 Å². The van der Waals surface area contributed by atoms with Crippen LogP contribution in [-0.2, 0) is 4.79 Å². The minimum atomic E-state index is -0.698. The second kappa shape index (κ2) is 2.41. The van der Waals surface area contributed by atoms with Crippen molar-refractivity contribution in [2.75, 3.05) is 0 Å². The molecular weight excluding hydrogens is 176 g/mol. The molecule has 0 heterocycles. The summed E-state index contributed by atoms with van der Waals surface area (Å²) in [7, 11) is 0. The Morgan fingerprint density at radius 3 is 3.00 bits per heavy atom. The summed E-state index contributed by atoms with van der Waals surface area (Å²) < 4.78 is 0. The quantitative estimate of drug-likeness (QED) is 0.639. The van der Waals surface area contributed by atoms with Crippen molar-refractivity contribution in [3.8, 4) is 0 Å². The summed E-state index contributed by atoms with van der Waals surface area (Å²) in [5, 5.41) is 10.3. The summed E-state index contributed by atoms with van der Waals surface area (Å²) in [5.74, 6) is 1.03. The fraction of sp³-hybridized carbons (Fsp3) is 0.917. The molecule has 2 bridgehead atoms. The number of fused-ring (bicyclic) bond motifs is 2. The minimum absolute atomic E-state index is 0.0486. The van der Waals surface area contributed by atoms with Gasteiger partial charge in [-0.2, -0.15) is 0 Å². The van der Waals surface area contributed by atoms with E-state index in [2.05, 4.69) is 0 Å². The van der Waals surface area contributed by atoms with Crippen molar-refractivity contribution in [1.29, 1.82) is 0 Å². The molecule has 0 aliphatic heterocycles. The van der Waals surface area contributed by atoms with Gasteiger partial charge < -0.3 is 5.11 Å². The number of aliphatic hydroxyl groups is 1. The van der Waals surface area contributed by atoms with Gasteiger partial charge in [0.25, 0.3) is 0 Å². The molecule has 1 spiro atoms. The Morgan fingerprint density at radius 2 is 2.29 bits per heavy atom. The molecule has 2 heteroatoms. The molecule has 1 N–H and O–H groups in total. The number of Topliss-reactive ketones (excluding diaryl/α,β-unsaturated/α-hetero) is 1.